The predicted octanol–water partition coefficient (Wildman–Crippen LogP) is 2.63. The molecule has 1 aliphatic carbocycles. The Morgan fingerprint density at radius 2 is 2.18 bits per heavy atom. The summed E-state index contributed by atoms with van der Waals surface area (Å²) in [5.74, 6) is 1.43. The van der Waals surface area contributed by atoms with Crippen LogP contribution in [0.1, 0.15) is 26.7 Å². The summed E-state index contributed by atoms with van der Waals surface area (Å²) in [6, 6.07) is 0. The first-order chi connectivity index (χ1) is 5.20. The first kappa shape index (κ1) is 8.79. The van der Waals surface area contributed by atoms with E-state index in [9.17, 15) is 0 Å². The summed E-state index contributed by atoms with van der Waals surface area (Å²) in [4.78, 5) is 0. The van der Waals surface area contributed by atoms with E-state index in [1.54, 1.807) is 0 Å². The zero-order valence-corrected chi connectivity index (χ0v) is 7.60. The van der Waals surface area contributed by atoms with Gasteiger partial charge in [-0.1, -0.05) is 20.4 Å². The molecule has 0 aliphatic heterocycles. The van der Waals surface area contributed by atoms with Crippen LogP contribution in [0.4, 0.5) is 0 Å². The number of ether oxygens (including phenoxy) is 1. The Balaban J connectivity index is 1.96. The van der Waals surface area contributed by atoms with Gasteiger partial charge in [0, 0.05) is 6.61 Å². The van der Waals surface area contributed by atoms with E-state index in [1.807, 2.05) is 0 Å². The second-order valence-corrected chi connectivity index (χ2v) is 3.77. The van der Waals surface area contributed by atoms with Gasteiger partial charge in [-0.25, -0.2) is 0 Å². The van der Waals surface area contributed by atoms with Gasteiger partial charge in [0.25, 0.3) is 0 Å². The summed E-state index contributed by atoms with van der Waals surface area (Å²) < 4.78 is 5.48. The molecule has 64 valence electrons. The molecule has 0 heterocycles. The number of rotatable bonds is 5. The van der Waals surface area contributed by atoms with E-state index in [2.05, 4.69) is 20.4 Å². The van der Waals surface area contributed by atoms with Crippen LogP contribution in [0.25, 0.3) is 0 Å². The maximum atomic E-state index is 5.48. The summed E-state index contributed by atoms with van der Waals surface area (Å²) in [7, 11) is 0. The topological polar surface area (TPSA) is 9.23 Å². The lowest BCUT2D eigenvalue weighted by atomic mass is 10.1. The summed E-state index contributed by atoms with van der Waals surface area (Å²) in [5, 5.41) is 0. The molecule has 0 N–H and O–H groups in total. The molecular weight excluding hydrogens is 136 g/mol. The van der Waals surface area contributed by atoms with Crippen molar-refractivity contribution in [2.24, 2.45) is 11.8 Å². The van der Waals surface area contributed by atoms with Gasteiger partial charge >= 0.3 is 0 Å². The molecule has 0 bridgehead atoms. The summed E-state index contributed by atoms with van der Waals surface area (Å²) >= 11 is 0. The SMILES string of the molecule is C=C(COCC1CC1)C(C)C. The van der Waals surface area contributed by atoms with Gasteiger partial charge in [-0.05, 0) is 30.3 Å². The molecule has 1 aliphatic rings. The zero-order chi connectivity index (χ0) is 8.27. The minimum atomic E-state index is 0.564. The van der Waals surface area contributed by atoms with Crippen LogP contribution in [-0.2, 0) is 4.74 Å². The van der Waals surface area contributed by atoms with Crippen molar-refractivity contribution in [1.29, 1.82) is 0 Å². The molecule has 1 rings (SSSR count). The Morgan fingerprint density at radius 3 is 2.64 bits per heavy atom. The van der Waals surface area contributed by atoms with E-state index in [0.717, 1.165) is 19.1 Å². The van der Waals surface area contributed by atoms with E-state index < -0.39 is 0 Å². The average Bonchev–Trinajstić information content (AvgIpc) is 2.71. The number of hydrogen-bond donors (Lipinski definition) is 0. The van der Waals surface area contributed by atoms with E-state index in [4.69, 9.17) is 4.74 Å². The highest BCUT2D eigenvalue weighted by molar-refractivity contribution is 4.97. The third kappa shape index (κ3) is 3.57. The van der Waals surface area contributed by atoms with Gasteiger partial charge in [-0.15, -0.1) is 0 Å². The Labute approximate surface area is 69.4 Å². The first-order valence-corrected chi connectivity index (χ1v) is 4.45. The maximum Gasteiger partial charge on any atom is 0.0676 e. The molecule has 1 nitrogen and oxygen atoms in total. The second kappa shape index (κ2) is 3.91. The van der Waals surface area contributed by atoms with Crippen molar-refractivity contribution < 1.29 is 4.74 Å². The largest absolute Gasteiger partial charge is 0.377 e. The monoisotopic (exact) mass is 154 g/mol. The first-order valence-electron chi connectivity index (χ1n) is 4.45. The molecule has 0 saturated heterocycles. The normalized spacial score (nSPS) is 17.4. The molecule has 0 amide bonds. The van der Waals surface area contributed by atoms with Crippen LogP contribution in [0.2, 0.25) is 0 Å². The van der Waals surface area contributed by atoms with Crippen LogP contribution in [0.3, 0.4) is 0 Å². The van der Waals surface area contributed by atoms with Crippen molar-refractivity contribution in [2.75, 3.05) is 13.2 Å². The van der Waals surface area contributed by atoms with Crippen LogP contribution >= 0.6 is 0 Å². The fourth-order valence-corrected chi connectivity index (χ4v) is 0.808. The molecule has 0 radical (unpaired) electrons. The van der Waals surface area contributed by atoms with Gasteiger partial charge in [-0.3, -0.25) is 0 Å². The number of hydrogen-bond acceptors (Lipinski definition) is 1. The lowest BCUT2D eigenvalue weighted by Gasteiger charge is -2.09. The van der Waals surface area contributed by atoms with E-state index in [1.165, 1.54) is 18.4 Å². The Morgan fingerprint density at radius 1 is 1.55 bits per heavy atom. The van der Waals surface area contributed by atoms with Crippen molar-refractivity contribution in [1.82, 2.24) is 0 Å². The quantitative estimate of drug-likeness (QED) is 0.553. The molecule has 0 aromatic heterocycles. The fraction of sp³-hybridized carbons (Fsp3) is 0.800. The van der Waals surface area contributed by atoms with Crippen LogP contribution in [0, 0.1) is 11.8 Å². The highest BCUT2D eigenvalue weighted by Gasteiger charge is 2.21. The van der Waals surface area contributed by atoms with Gasteiger partial charge in [0.2, 0.25) is 0 Å². The van der Waals surface area contributed by atoms with Crippen LogP contribution in [-0.4, -0.2) is 13.2 Å². The highest BCUT2D eigenvalue weighted by Crippen LogP contribution is 2.28. The van der Waals surface area contributed by atoms with Crippen molar-refractivity contribution >= 4 is 0 Å². The van der Waals surface area contributed by atoms with Gasteiger partial charge in [-0.2, -0.15) is 0 Å². The lowest BCUT2D eigenvalue weighted by molar-refractivity contribution is 0.141. The third-order valence-electron chi connectivity index (χ3n) is 2.15. The summed E-state index contributed by atoms with van der Waals surface area (Å²) in [6.07, 6.45) is 2.74. The zero-order valence-electron chi connectivity index (χ0n) is 7.60. The molecule has 0 atom stereocenters. The molecular formula is C10H18O. The van der Waals surface area contributed by atoms with Gasteiger partial charge in [0.1, 0.15) is 0 Å². The minimum Gasteiger partial charge on any atom is -0.377 e. The Hall–Kier alpha value is -0.300. The van der Waals surface area contributed by atoms with Gasteiger partial charge < -0.3 is 4.74 Å². The van der Waals surface area contributed by atoms with Gasteiger partial charge in [0.05, 0.1) is 6.61 Å². The predicted molar refractivity (Wildman–Crippen MR) is 47.5 cm³/mol. The van der Waals surface area contributed by atoms with Crippen molar-refractivity contribution in [3.05, 3.63) is 12.2 Å². The molecule has 1 heteroatoms. The average molecular weight is 154 g/mol. The van der Waals surface area contributed by atoms with E-state index in [-0.39, 0.29) is 0 Å². The van der Waals surface area contributed by atoms with Crippen LogP contribution < -0.4 is 0 Å². The van der Waals surface area contributed by atoms with Crippen molar-refractivity contribution in [3.63, 3.8) is 0 Å². The second-order valence-electron chi connectivity index (χ2n) is 3.77. The van der Waals surface area contributed by atoms with Crippen molar-refractivity contribution in [2.45, 2.75) is 26.7 Å². The van der Waals surface area contributed by atoms with Gasteiger partial charge in [0.15, 0.2) is 0 Å². The minimum absolute atomic E-state index is 0.564. The standard InChI is InChI=1S/C10H18O/c1-8(2)9(3)6-11-7-10-4-5-10/h8,10H,3-7H2,1-2H3. The van der Waals surface area contributed by atoms with E-state index >= 15 is 0 Å². The van der Waals surface area contributed by atoms with E-state index in [0.29, 0.717) is 5.92 Å². The van der Waals surface area contributed by atoms with Crippen LogP contribution in [0.15, 0.2) is 12.2 Å². The third-order valence-corrected chi connectivity index (χ3v) is 2.15. The molecule has 0 unspecified atom stereocenters. The lowest BCUT2D eigenvalue weighted by Crippen LogP contribution is -2.04. The van der Waals surface area contributed by atoms with Crippen molar-refractivity contribution in [3.8, 4) is 0 Å². The summed E-state index contributed by atoms with van der Waals surface area (Å²) in [6.45, 7) is 9.97. The van der Waals surface area contributed by atoms with Crippen LogP contribution in [0.5, 0.6) is 0 Å². The maximum absolute atomic E-state index is 5.48. The Bertz CT molecular complexity index is 134. The molecule has 0 spiro atoms. The summed E-state index contributed by atoms with van der Waals surface area (Å²) in [5.41, 5.74) is 1.21. The highest BCUT2D eigenvalue weighted by atomic mass is 16.5. The molecule has 11 heavy (non-hydrogen) atoms. The smallest absolute Gasteiger partial charge is 0.0676 e. The molecule has 0 aromatic carbocycles. The molecule has 1 saturated carbocycles. The molecule has 0 aromatic rings. The Kier molecular flexibility index (Phi) is 3.13. The fourth-order valence-electron chi connectivity index (χ4n) is 0.808. The molecule has 1 fully saturated rings.